The molecule has 0 aliphatic heterocycles. The Kier molecular flexibility index (Phi) is 6.29. The quantitative estimate of drug-likeness (QED) is 0.596. The Morgan fingerprint density at radius 2 is 2.17 bits per heavy atom. The van der Waals surface area contributed by atoms with Crippen LogP contribution < -0.4 is 5.32 Å². The van der Waals surface area contributed by atoms with E-state index in [0.29, 0.717) is 29.2 Å². The van der Waals surface area contributed by atoms with Crippen molar-refractivity contribution in [1.82, 2.24) is 25.1 Å². The van der Waals surface area contributed by atoms with Gasteiger partial charge in [-0.15, -0.1) is 10.2 Å². The van der Waals surface area contributed by atoms with Crippen LogP contribution in [0.1, 0.15) is 38.4 Å². The number of pyridine rings is 1. The van der Waals surface area contributed by atoms with Crippen LogP contribution in [0.2, 0.25) is 0 Å². The second kappa shape index (κ2) is 9.26. The van der Waals surface area contributed by atoms with Crippen LogP contribution in [0.4, 0.5) is 0 Å². The molecule has 1 fully saturated rings. The van der Waals surface area contributed by atoms with Crippen LogP contribution in [0.3, 0.4) is 0 Å². The first kappa shape index (κ1) is 19.7. The maximum Gasteiger partial charge on any atom is 0.230 e. The summed E-state index contributed by atoms with van der Waals surface area (Å²) >= 11 is 1.40. The van der Waals surface area contributed by atoms with Gasteiger partial charge in [-0.2, -0.15) is 0 Å². The summed E-state index contributed by atoms with van der Waals surface area (Å²) in [6, 6.07) is 7.87. The van der Waals surface area contributed by atoms with Crippen LogP contribution in [-0.4, -0.2) is 37.5 Å². The monoisotopic (exact) mass is 411 g/mol. The zero-order valence-corrected chi connectivity index (χ0v) is 17.3. The second-order valence-electron chi connectivity index (χ2n) is 7.44. The van der Waals surface area contributed by atoms with Crippen molar-refractivity contribution in [1.29, 1.82) is 0 Å². The molecule has 0 bridgehead atoms. The summed E-state index contributed by atoms with van der Waals surface area (Å²) in [5.74, 6) is 2.41. The largest absolute Gasteiger partial charge is 0.467 e. The number of nitrogens with one attached hydrogen (secondary N) is 1. The maximum atomic E-state index is 12.5. The van der Waals surface area contributed by atoms with Crippen molar-refractivity contribution in [3.63, 3.8) is 0 Å². The molecule has 8 heteroatoms. The lowest BCUT2D eigenvalue weighted by Crippen LogP contribution is -2.41. The van der Waals surface area contributed by atoms with Gasteiger partial charge >= 0.3 is 0 Å². The van der Waals surface area contributed by atoms with E-state index in [9.17, 15) is 4.79 Å². The van der Waals surface area contributed by atoms with Gasteiger partial charge in [0.1, 0.15) is 5.76 Å². The molecule has 3 aromatic heterocycles. The molecule has 7 nitrogen and oxygen atoms in total. The van der Waals surface area contributed by atoms with Crippen molar-refractivity contribution in [2.45, 2.75) is 50.4 Å². The smallest absolute Gasteiger partial charge is 0.230 e. The Balaban J connectivity index is 1.48. The van der Waals surface area contributed by atoms with Crippen LogP contribution in [-0.2, 0) is 11.3 Å². The first-order valence-electron chi connectivity index (χ1n) is 9.99. The maximum absolute atomic E-state index is 12.5. The number of aromatic nitrogens is 4. The molecule has 0 spiro atoms. The van der Waals surface area contributed by atoms with E-state index < -0.39 is 0 Å². The van der Waals surface area contributed by atoms with E-state index in [4.69, 9.17) is 4.42 Å². The first-order chi connectivity index (χ1) is 14.2. The van der Waals surface area contributed by atoms with Crippen LogP contribution in [0.25, 0.3) is 11.4 Å². The molecule has 1 N–H and O–H groups in total. The van der Waals surface area contributed by atoms with Gasteiger partial charge in [0, 0.05) is 24.0 Å². The standard InChI is InChI=1S/C21H25N5O2S/c1-15-6-2-3-9-18(15)23-19(27)14-29-21-25-24-20(16-7-4-10-22-12-16)26(21)13-17-8-5-11-28-17/h4-5,7-8,10-12,15,18H,2-3,6,9,13-14H2,1H3,(H,23,27)/t15-,18-/m0/s1. The fourth-order valence-electron chi connectivity index (χ4n) is 3.71. The predicted molar refractivity (Wildman–Crippen MR) is 111 cm³/mol. The fraction of sp³-hybridized carbons (Fsp3) is 0.429. The minimum absolute atomic E-state index is 0.0456. The molecule has 0 unspecified atom stereocenters. The number of nitrogens with zero attached hydrogens (tertiary/aromatic N) is 4. The summed E-state index contributed by atoms with van der Waals surface area (Å²) in [5, 5.41) is 12.6. The van der Waals surface area contributed by atoms with Crippen molar-refractivity contribution in [2.24, 2.45) is 5.92 Å². The number of furan rings is 1. The Labute approximate surface area is 174 Å². The normalized spacial score (nSPS) is 19.2. The number of carbonyl (C=O) groups is 1. The van der Waals surface area contributed by atoms with Gasteiger partial charge in [-0.05, 0) is 43.0 Å². The molecule has 0 aromatic carbocycles. The summed E-state index contributed by atoms with van der Waals surface area (Å²) in [7, 11) is 0. The Morgan fingerprint density at radius 3 is 2.93 bits per heavy atom. The number of hydrogen-bond donors (Lipinski definition) is 1. The average molecular weight is 412 g/mol. The highest BCUT2D eigenvalue weighted by Gasteiger charge is 2.23. The molecular weight excluding hydrogens is 386 g/mol. The van der Waals surface area contributed by atoms with Gasteiger partial charge < -0.3 is 9.73 Å². The Hall–Kier alpha value is -2.61. The van der Waals surface area contributed by atoms with Gasteiger partial charge in [-0.25, -0.2) is 0 Å². The number of thioether (sulfide) groups is 1. The van der Waals surface area contributed by atoms with Crippen molar-refractivity contribution in [3.8, 4) is 11.4 Å². The van der Waals surface area contributed by atoms with Gasteiger partial charge in [-0.3, -0.25) is 14.3 Å². The molecule has 3 heterocycles. The minimum atomic E-state index is 0.0456. The minimum Gasteiger partial charge on any atom is -0.467 e. The highest BCUT2D eigenvalue weighted by atomic mass is 32.2. The van der Waals surface area contributed by atoms with Crippen LogP contribution in [0, 0.1) is 5.92 Å². The summed E-state index contributed by atoms with van der Waals surface area (Å²) in [6.45, 7) is 2.71. The van der Waals surface area contributed by atoms with Crippen molar-refractivity contribution in [3.05, 3.63) is 48.7 Å². The lowest BCUT2D eigenvalue weighted by atomic mass is 9.86. The second-order valence-corrected chi connectivity index (χ2v) is 8.38. The van der Waals surface area contributed by atoms with E-state index >= 15 is 0 Å². The van der Waals surface area contributed by atoms with Gasteiger partial charge in [0.25, 0.3) is 0 Å². The topological polar surface area (TPSA) is 85.8 Å². The highest BCUT2D eigenvalue weighted by molar-refractivity contribution is 7.99. The average Bonchev–Trinajstić information content (AvgIpc) is 3.39. The van der Waals surface area contributed by atoms with E-state index in [2.05, 4.69) is 27.4 Å². The van der Waals surface area contributed by atoms with Gasteiger partial charge in [0.15, 0.2) is 11.0 Å². The number of hydrogen-bond acceptors (Lipinski definition) is 6. The van der Waals surface area contributed by atoms with E-state index in [0.717, 1.165) is 17.7 Å². The van der Waals surface area contributed by atoms with Crippen LogP contribution in [0.15, 0.2) is 52.5 Å². The third kappa shape index (κ3) is 4.87. The molecular formula is C21H25N5O2S. The number of amides is 1. The molecule has 2 atom stereocenters. The highest BCUT2D eigenvalue weighted by Crippen LogP contribution is 2.26. The summed E-state index contributed by atoms with van der Waals surface area (Å²) in [5.41, 5.74) is 0.874. The van der Waals surface area contributed by atoms with Gasteiger partial charge in [0.05, 0.1) is 18.6 Å². The van der Waals surface area contributed by atoms with Crippen LogP contribution >= 0.6 is 11.8 Å². The van der Waals surface area contributed by atoms with Crippen molar-refractivity contribution in [2.75, 3.05) is 5.75 Å². The molecule has 29 heavy (non-hydrogen) atoms. The molecule has 1 aliphatic rings. The SMILES string of the molecule is C[C@H]1CCCC[C@@H]1NC(=O)CSc1nnc(-c2cccnc2)n1Cc1ccco1. The van der Waals surface area contributed by atoms with Gasteiger partial charge in [-0.1, -0.05) is 31.5 Å². The van der Waals surface area contributed by atoms with Crippen LogP contribution in [0.5, 0.6) is 0 Å². The zero-order chi connectivity index (χ0) is 20.1. The Bertz CT molecular complexity index is 926. The summed E-state index contributed by atoms with van der Waals surface area (Å²) < 4.78 is 7.48. The fourth-order valence-corrected chi connectivity index (χ4v) is 4.46. The first-order valence-corrected chi connectivity index (χ1v) is 11.0. The molecule has 1 saturated carbocycles. The predicted octanol–water partition coefficient (Wildman–Crippen LogP) is 3.77. The third-order valence-electron chi connectivity index (χ3n) is 5.32. The van der Waals surface area contributed by atoms with E-state index in [1.165, 1.54) is 31.0 Å². The van der Waals surface area contributed by atoms with E-state index in [-0.39, 0.29) is 11.9 Å². The van der Waals surface area contributed by atoms with Crippen molar-refractivity contribution < 1.29 is 9.21 Å². The van der Waals surface area contributed by atoms with Crippen molar-refractivity contribution >= 4 is 17.7 Å². The molecule has 0 radical (unpaired) electrons. The summed E-state index contributed by atoms with van der Waals surface area (Å²) in [4.78, 5) is 16.7. The number of carbonyl (C=O) groups excluding carboxylic acids is 1. The summed E-state index contributed by atoms with van der Waals surface area (Å²) in [6.07, 6.45) is 9.83. The molecule has 4 rings (SSSR count). The molecule has 1 aliphatic carbocycles. The molecule has 1 amide bonds. The lowest BCUT2D eigenvalue weighted by molar-refractivity contribution is -0.119. The lowest BCUT2D eigenvalue weighted by Gasteiger charge is -2.29. The molecule has 3 aromatic rings. The zero-order valence-electron chi connectivity index (χ0n) is 16.5. The molecule has 152 valence electrons. The third-order valence-corrected chi connectivity index (χ3v) is 6.29. The van der Waals surface area contributed by atoms with E-state index in [1.54, 1.807) is 18.7 Å². The number of rotatable bonds is 7. The molecule has 0 saturated heterocycles. The van der Waals surface area contributed by atoms with Gasteiger partial charge in [0.2, 0.25) is 5.91 Å². The van der Waals surface area contributed by atoms with E-state index in [1.807, 2.05) is 28.8 Å². The Morgan fingerprint density at radius 1 is 1.28 bits per heavy atom.